The van der Waals surface area contributed by atoms with Gasteiger partial charge in [-0.15, -0.1) is 0 Å². The van der Waals surface area contributed by atoms with Crippen molar-refractivity contribution in [2.75, 3.05) is 0 Å². The second kappa shape index (κ2) is 4.63. The highest BCUT2D eigenvalue weighted by atomic mass is 19.1. The highest BCUT2D eigenvalue weighted by molar-refractivity contribution is 5.46. The zero-order valence-corrected chi connectivity index (χ0v) is 13.7. The lowest BCUT2D eigenvalue weighted by molar-refractivity contribution is 0.255. The molecular weight excluding hydrogens is 296 g/mol. The van der Waals surface area contributed by atoms with Gasteiger partial charge >= 0.3 is 0 Å². The predicted octanol–water partition coefficient (Wildman–Crippen LogP) is 4.02. The molecule has 0 amide bonds. The molecule has 1 saturated carbocycles. The van der Waals surface area contributed by atoms with Crippen molar-refractivity contribution in [3.63, 3.8) is 0 Å². The van der Waals surface area contributed by atoms with Gasteiger partial charge in [0, 0.05) is 28.6 Å². The van der Waals surface area contributed by atoms with Gasteiger partial charge in [0.15, 0.2) is 5.82 Å². The summed E-state index contributed by atoms with van der Waals surface area (Å²) >= 11 is 0. The van der Waals surface area contributed by atoms with Crippen LogP contribution in [0.1, 0.15) is 57.2 Å². The summed E-state index contributed by atoms with van der Waals surface area (Å²) in [7, 11) is 0. The summed E-state index contributed by atoms with van der Waals surface area (Å²) < 4.78 is 29.0. The first kappa shape index (κ1) is 14.8. The van der Waals surface area contributed by atoms with Crippen LogP contribution in [0.25, 0.3) is 5.69 Å². The molecule has 2 aromatic rings. The predicted molar refractivity (Wildman–Crippen MR) is 84.6 cm³/mol. The van der Waals surface area contributed by atoms with Gasteiger partial charge in [0.25, 0.3) is 0 Å². The van der Waals surface area contributed by atoms with Crippen LogP contribution < -0.4 is 5.32 Å². The van der Waals surface area contributed by atoms with Crippen molar-refractivity contribution in [3.05, 3.63) is 47.3 Å². The molecule has 122 valence electrons. The van der Waals surface area contributed by atoms with Gasteiger partial charge in [0.1, 0.15) is 11.5 Å². The third kappa shape index (κ3) is 2.21. The summed E-state index contributed by atoms with van der Waals surface area (Å²) in [5, 5.41) is 8.19. The molecule has 2 unspecified atom stereocenters. The fraction of sp³-hybridized carbons (Fsp3) is 0.500. The van der Waals surface area contributed by atoms with Crippen LogP contribution in [0.15, 0.2) is 24.4 Å². The maximum atomic E-state index is 14.2. The lowest BCUT2D eigenvalue weighted by Gasteiger charge is -2.36. The van der Waals surface area contributed by atoms with E-state index in [9.17, 15) is 8.78 Å². The average Bonchev–Trinajstić information content (AvgIpc) is 3.07. The Balaban J connectivity index is 1.81. The largest absolute Gasteiger partial charge is 0.302 e. The van der Waals surface area contributed by atoms with Gasteiger partial charge in [0.05, 0.1) is 11.9 Å². The maximum absolute atomic E-state index is 14.2. The molecule has 2 atom stereocenters. The Hall–Kier alpha value is -1.75. The summed E-state index contributed by atoms with van der Waals surface area (Å²) in [6.45, 7) is 6.49. The second-order valence-corrected chi connectivity index (χ2v) is 7.85. The number of nitrogens with one attached hydrogen (secondary N) is 1. The van der Waals surface area contributed by atoms with E-state index in [0.29, 0.717) is 11.6 Å². The van der Waals surface area contributed by atoms with E-state index in [0.717, 1.165) is 31.0 Å². The minimum atomic E-state index is -0.573. The Labute approximate surface area is 134 Å². The summed E-state index contributed by atoms with van der Waals surface area (Å²) in [6, 6.07) is 3.66. The van der Waals surface area contributed by atoms with Crippen LogP contribution in [-0.2, 0) is 5.54 Å². The highest BCUT2D eigenvalue weighted by Crippen LogP contribution is 2.56. The lowest BCUT2D eigenvalue weighted by Crippen LogP contribution is -2.49. The van der Waals surface area contributed by atoms with Gasteiger partial charge in [-0.1, -0.05) is 0 Å². The number of rotatable bonds is 2. The highest BCUT2D eigenvalue weighted by Gasteiger charge is 2.52. The van der Waals surface area contributed by atoms with Crippen molar-refractivity contribution >= 4 is 0 Å². The Kier molecular flexibility index (Phi) is 2.98. The van der Waals surface area contributed by atoms with Crippen LogP contribution in [0.5, 0.6) is 0 Å². The fourth-order valence-corrected chi connectivity index (χ4v) is 4.39. The molecule has 0 radical (unpaired) electrons. The molecule has 1 heterocycles. The zero-order valence-electron chi connectivity index (χ0n) is 13.7. The van der Waals surface area contributed by atoms with Crippen LogP contribution in [0.3, 0.4) is 0 Å². The average molecular weight is 317 g/mol. The lowest BCUT2D eigenvalue weighted by atomic mass is 9.88. The molecule has 1 N–H and O–H groups in total. The normalized spacial score (nSPS) is 25.9. The standard InChI is InChI=1S/C18H21F2N3/c1-17(2,3)22-18-7-6-11(9-18)16-13(18)10-21-23(16)15-5-4-12(19)8-14(15)20/h4-5,8,10-11,22H,6-7,9H2,1-3H3. The van der Waals surface area contributed by atoms with Gasteiger partial charge in [-0.05, 0) is 52.2 Å². The molecule has 5 heteroatoms. The number of aromatic nitrogens is 2. The summed E-state index contributed by atoms with van der Waals surface area (Å²) in [4.78, 5) is 0. The Morgan fingerprint density at radius 2 is 2.09 bits per heavy atom. The molecule has 0 spiro atoms. The van der Waals surface area contributed by atoms with E-state index < -0.39 is 11.6 Å². The van der Waals surface area contributed by atoms with Gasteiger partial charge in [-0.3, -0.25) is 0 Å². The summed E-state index contributed by atoms with van der Waals surface area (Å²) in [5.74, 6) is -0.759. The number of hydrogen-bond donors (Lipinski definition) is 1. The molecule has 4 rings (SSSR count). The van der Waals surface area contributed by atoms with Gasteiger partial charge < -0.3 is 5.32 Å². The summed E-state index contributed by atoms with van der Waals surface area (Å²) in [6.07, 6.45) is 5.04. The van der Waals surface area contributed by atoms with E-state index in [1.807, 2.05) is 6.20 Å². The van der Waals surface area contributed by atoms with Crippen LogP contribution in [0, 0.1) is 11.6 Å². The van der Waals surface area contributed by atoms with Gasteiger partial charge in [0.2, 0.25) is 0 Å². The van der Waals surface area contributed by atoms with Crippen LogP contribution in [-0.4, -0.2) is 15.3 Å². The SMILES string of the molecule is CC(C)(C)NC12CCC(C1)c1c2cnn1-c1ccc(F)cc1F. The van der Waals surface area contributed by atoms with Gasteiger partial charge in [-0.2, -0.15) is 5.10 Å². The molecule has 2 bridgehead atoms. The van der Waals surface area contributed by atoms with Crippen LogP contribution in [0.4, 0.5) is 8.78 Å². The van der Waals surface area contributed by atoms with E-state index in [4.69, 9.17) is 0 Å². The molecule has 3 nitrogen and oxygen atoms in total. The number of benzene rings is 1. The van der Waals surface area contributed by atoms with E-state index in [1.165, 1.54) is 17.7 Å². The molecule has 2 aliphatic rings. The van der Waals surface area contributed by atoms with Crippen molar-refractivity contribution in [1.82, 2.24) is 15.1 Å². The Morgan fingerprint density at radius 3 is 2.78 bits per heavy atom. The molecule has 0 saturated heterocycles. The third-order valence-corrected chi connectivity index (χ3v) is 4.98. The number of nitrogens with zero attached hydrogens (tertiary/aromatic N) is 2. The first-order valence-electron chi connectivity index (χ1n) is 8.12. The minimum Gasteiger partial charge on any atom is -0.302 e. The van der Waals surface area contributed by atoms with Crippen molar-refractivity contribution in [2.24, 2.45) is 0 Å². The zero-order chi connectivity index (χ0) is 16.4. The van der Waals surface area contributed by atoms with Crippen LogP contribution in [0.2, 0.25) is 0 Å². The molecule has 23 heavy (non-hydrogen) atoms. The van der Waals surface area contributed by atoms with Crippen molar-refractivity contribution < 1.29 is 8.78 Å². The number of halogens is 2. The Bertz CT molecular complexity index is 775. The van der Waals surface area contributed by atoms with E-state index in [2.05, 4.69) is 31.2 Å². The first-order valence-corrected chi connectivity index (χ1v) is 8.12. The first-order chi connectivity index (χ1) is 10.8. The quantitative estimate of drug-likeness (QED) is 0.907. The van der Waals surface area contributed by atoms with Gasteiger partial charge in [-0.25, -0.2) is 13.5 Å². The topological polar surface area (TPSA) is 29.9 Å². The van der Waals surface area contributed by atoms with Crippen LogP contribution >= 0.6 is 0 Å². The van der Waals surface area contributed by atoms with E-state index >= 15 is 0 Å². The molecule has 1 aromatic carbocycles. The molecule has 2 aliphatic carbocycles. The summed E-state index contributed by atoms with van der Waals surface area (Å²) in [5.41, 5.74) is 2.52. The van der Waals surface area contributed by atoms with Crippen molar-refractivity contribution in [2.45, 2.75) is 57.0 Å². The minimum absolute atomic E-state index is 0.000272. The Morgan fingerprint density at radius 1 is 1.30 bits per heavy atom. The van der Waals surface area contributed by atoms with E-state index in [1.54, 1.807) is 4.68 Å². The fourth-order valence-electron chi connectivity index (χ4n) is 4.39. The second-order valence-electron chi connectivity index (χ2n) is 7.85. The van der Waals surface area contributed by atoms with E-state index in [-0.39, 0.29) is 11.1 Å². The smallest absolute Gasteiger partial charge is 0.151 e. The number of hydrogen-bond acceptors (Lipinski definition) is 2. The molecular formula is C18H21F2N3. The maximum Gasteiger partial charge on any atom is 0.151 e. The molecule has 1 aromatic heterocycles. The third-order valence-electron chi connectivity index (χ3n) is 4.98. The molecule has 1 fully saturated rings. The van der Waals surface area contributed by atoms with Crippen molar-refractivity contribution in [3.8, 4) is 5.69 Å². The number of fused-ring (bicyclic) bond motifs is 5. The molecule has 0 aliphatic heterocycles. The monoisotopic (exact) mass is 317 g/mol. The van der Waals surface area contributed by atoms with Crippen molar-refractivity contribution in [1.29, 1.82) is 0 Å².